The van der Waals surface area contributed by atoms with Gasteiger partial charge in [0.25, 0.3) is 0 Å². The van der Waals surface area contributed by atoms with Gasteiger partial charge in [-0.25, -0.2) is 4.99 Å². The maximum atomic E-state index is 10.7. The van der Waals surface area contributed by atoms with Gasteiger partial charge in [0.15, 0.2) is 5.96 Å². The highest BCUT2D eigenvalue weighted by atomic mass is 16.5. The van der Waals surface area contributed by atoms with Crippen LogP contribution in [0.1, 0.15) is 30.5 Å². The van der Waals surface area contributed by atoms with E-state index in [0.29, 0.717) is 19.0 Å². The molecule has 1 heterocycles. The van der Waals surface area contributed by atoms with Crippen molar-refractivity contribution in [1.29, 1.82) is 0 Å². The molecule has 1 unspecified atom stereocenters. The Morgan fingerprint density at radius 3 is 2.77 bits per heavy atom. The molecule has 0 aliphatic carbocycles. The lowest BCUT2D eigenvalue weighted by molar-refractivity contribution is 0.0616. The van der Waals surface area contributed by atoms with E-state index in [4.69, 9.17) is 4.74 Å². The Hall–Kier alpha value is -2.54. The lowest BCUT2D eigenvalue weighted by Gasteiger charge is -2.23. The Labute approximate surface area is 155 Å². The summed E-state index contributed by atoms with van der Waals surface area (Å²) in [4.78, 5) is 4.60. The van der Waals surface area contributed by atoms with Crippen molar-refractivity contribution >= 4 is 5.96 Å². The van der Waals surface area contributed by atoms with Crippen LogP contribution in [-0.2, 0) is 19.2 Å². The Morgan fingerprint density at radius 1 is 1.38 bits per heavy atom. The summed E-state index contributed by atoms with van der Waals surface area (Å²) in [6, 6.07) is 6.06. The normalized spacial score (nSPS) is 14.0. The summed E-state index contributed by atoms with van der Waals surface area (Å²) in [5, 5.41) is 21.2. The number of benzene rings is 1. The molecule has 0 bridgehead atoms. The number of hydrogen-bond donors (Lipinski definition) is 3. The van der Waals surface area contributed by atoms with Crippen LogP contribution in [0.3, 0.4) is 0 Å². The maximum Gasteiger partial charge on any atom is 0.191 e. The predicted octanol–water partition coefficient (Wildman–Crippen LogP) is 1.70. The van der Waals surface area contributed by atoms with E-state index in [0.717, 1.165) is 29.0 Å². The van der Waals surface area contributed by atoms with Crippen molar-refractivity contribution in [3.8, 4) is 5.75 Å². The quantitative estimate of drug-likeness (QED) is 0.518. The van der Waals surface area contributed by atoms with E-state index >= 15 is 0 Å². The standard InChI is InChI=1S/C19H29N5O2/c1-6-20-18(21-10-15-8-7-14(2)17(9-15)26-5)22-13-19(3,25)16-11-23-24(4)12-16/h7-9,11-12,25H,6,10,13H2,1-5H3,(H2,20,21,22). The molecule has 0 saturated carbocycles. The second-order valence-corrected chi connectivity index (χ2v) is 6.53. The van der Waals surface area contributed by atoms with E-state index in [-0.39, 0.29) is 0 Å². The molecule has 2 rings (SSSR count). The molecule has 142 valence electrons. The molecule has 1 atom stereocenters. The van der Waals surface area contributed by atoms with Gasteiger partial charge in [-0.3, -0.25) is 4.68 Å². The molecule has 3 N–H and O–H groups in total. The second-order valence-electron chi connectivity index (χ2n) is 6.53. The third-order valence-electron chi connectivity index (χ3n) is 4.16. The van der Waals surface area contributed by atoms with E-state index in [1.165, 1.54) is 0 Å². The van der Waals surface area contributed by atoms with Crippen molar-refractivity contribution < 1.29 is 9.84 Å². The van der Waals surface area contributed by atoms with Crippen LogP contribution in [0.4, 0.5) is 0 Å². The Bertz CT molecular complexity index is 752. The smallest absolute Gasteiger partial charge is 0.191 e. The molecule has 0 spiro atoms. The van der Waals surface area contributed by atoms with Gasteiger partial charge in [0.05, 0.1) is 26.4 Å². The van der Waals surface area contributed by atoms with Gasteiger partial charge in [-0.15, -0.1) is 0 Å². The lowest BCUT2D eigenvalue weighted by Crippen LogP contribution is -2.44. The fourth-order valence-corrected chi connectivity index (χ4v) is 2.53. The fraction of sp³-hybridized carbons (Fsp3) is 0.474. The predicted molar refractivity (Wildman–Crippen MR) is 103 cm³/mol. The van der Waals surface area contributed by atoms with Crippen LogP contribution in [0.25, 0.3) is 0 Å². The van der Waals surface area contributed by atoms with Gasteiger partial charge in [-0.1, -0.05) is 12.1 Å². The number of hydrogen-bond acceptors (Lipinski definition) is 4. The zero-order chi connectivity index (χ0) is 19.2. The van der Waals surface area contributed by atoms with E-state index < -0.39 is 5.60 Å². The van der Waals surface area contributed by atoms with Gasteiger partial charge in [0, 0.05) is 25.4 Å². The molecule has 0 saturated heterocycles. The fourth-order valence-electron chi connectivity index (χ4n) is 2.53. The number of ether oxygens (including phenoxy) is 1. The first-order chi connectivity index (χ1) is 12.4. The Balaban J connectivity index is 2.04. The molecule has 0 aliphatic rings. The van der Waals surface area contributed by atoms with Crippen LogP contribution in [0.2, 0.25) is 0 Å². The highest BCUT2D eigenvalue weighted by molar-refractivity contribution is 5.79. The molecule has 7 nitrogen and oxygen atoms in total. The molecule has 0 radical (unpaired) electrons. The highest BCUT2D eigenvalue weighted by Gasteiger charge is 2.24. The van der Waals surface area contributed by atoms with Gasteiger partial charge < -0.3 is 20.5 Å². The summed E-state index contributed by atoms with van der Waals surface area (Å²) in [6.07, 6.45) is 3.48. The van der Waals surface area contributed by atoms with Crippen LogP contribution in [0, 0.1) is 6.92 Å². The van der Waals surface area contributed by atoms with E-state index in [9.17, 15) is 5.11 Å². The summed E-state index contributed by atoms with van der Waals surface area (Å²) in [5.41, 5.74) is 1.87. The number of rotatable bonds is 7. The summed E-state index contributed by atoms with van der Waals surface area (Å²) in [7, 11) is 3.50. The highest BCUT2D eigenvalue weighted by Crippen LogP contribution is 2.20. The number of nitrogens with one attached hydrogen (secondary N) is 2. The van der Waals surface area contributed by atoms with Crippen molar-refractivity contribution in [3.05, 3.63) is 47.3 Å². The molecule has 0 aliphatic heterocycles. The van der Waals surface area contributed by atoms with E-state index in [1.807, 2.05) is 45.3 Å². The van der Waals surface area contributed by atoms with Crippen LogP contribution in [0.15, 0.2) is 35.6 Å². The molecular formula is C19H29N5O2. The minimum atomic E-state index is -1.04. The van der Waals surface area contributed by atoms with E-state index in [2.05, 4.69) is 20.7 Å². The second kappa shape index (κ2) is 8.71. The number of aliphatic imine (C=N–C) groups is 1. The molecule has 0 amide bonds. The Morgan fingerprint density at radius 2 is 2.15 bits per heavy atom. The lowest BCUT2D eigenvalue weighted by atomic mass is 10.00. The third-order valence-corrected chi connectivity index (χ3v) is 4.16. The number of nitrogens with zero attached hydrogens (tertiary/aromatic N) is 3. The first kappa shape index (κ1) is 19.8. The van der Waals surface area contributed by atoms with Gasteiger partial charge in [0.2, 0.25) is 0 Å². The first-order valence-electron chi connectivity index (χ1n) is 8.73. The summed E-state index contributed by atoms with van der Waals surface area (Å²) >= 11 is 0. The Kier molecular flexibility index (Phi) is 6.63. The summed E-state index contributed by atoms with van der Waals surface area (Å²) in [5.74, 6) is 1.51. The zero-order valence-electron chi connectivity index (χ0n) is 16.2. The topological polar surface area (TPSA) is 83.7 Å². The van der Waals surface area contributed by atoms with E-state index in [1.54, 1.807) is 24.9 Å². The number of methoxy groups -OCH3 is 1. The SMILES string of the molecule is CCNC(=NCc1ccc(C)c(OC)c1)NCC(C)(O)c1cnn(C)c1. The largest absolute Gasteiger partial charge is 0.496 e. The van der Waals surface area contributed by atoms with Crippen molar-refractivity contribution in [3.63, 3.8) is 0 Å². The van der Waals surface area contributed by atoms with Crippen LogP contribution in [0.5, 0.6) is 5.75 Å². The molecule has 1 aromatic heterocycles. The van der Waals surface area contributed by atoms with Gasteiger partial charge in [-0.05, 0) is 38.0 Å². The van der Waals surface area contributed by atoms with Crippen molar-refractivity contribution in [2.24, 2.45) is 12.0 Å². The van der Waals surface area contributed by atoms with Crippen LogP contribution in [-0.4, -0.2) is 41.0 Å². The van der Waals surface area contributed by atoms with Gasteiger partial charge in [0.1, 0.15) is 11.4 Å². The summed E-state index contributed by atoms with van der Waals surface area (Å²) in [6.45, 7) is 7.34. The number of aryl methyl sites for hydroxylation is 2. The third kappa shape index (κ3) is 5.23. The molecule has 26 heavy (non-hydrogen) atoms. The zero-order valence-corrected chi connectivity index (χ0v) is 16.2. The number of guanidine groups is 1. The average molecular weight is 359 g/mol. The number of aliphatic hydroxyl groups is 1. The molecule has 2 aromatic rings. The first-order valence-corrected chi connectivity index (χ1v) is 8.73. The van der Waals surface area contributed by atoms with Gasteiger partial charge in [-0.2, -0.15) is 5.10 Å². The van der Waals surface area contributed by atoms with Crippen molar-refractivity contribution in [2.75, 3.05) is 20.2 Å². The average Bonchev–Trinajstić information content (AvgIpc) is 3.06. The van der Waals surface area contributed by atoms with Crippen molar-refractivity contribution in [1.82, 2.24) is 20.4 Å². The molecule has 1 aromatic carbocycles. The minimum Gasteiger partial charge on any atom is -0.496 e. The molecular weight excluding hydrogens is 330 g/mol. The van der Waals surface area contributed by atoms with Gasteiger partial charge >= 0.3 is 0 Å². The maximum absolute atomic E-state index is 10.7. The van der Waals surface area contributed by atoms with Crippen LogP contribution < -0.4 is 15.4 Å². The molecule has 0 fully saturated rings. The van der Waals surface area contributed by atoms with Crippen LogP contribution >= 0.6 is 0 Å². The molecule has 7 heteroatoms. The number of aromatic nitrogens is 2. The minimum absolute atomic E-state index is 0.321. The van der Waals surface area contributed by atoms with Crippen molar-refractivity contribution in [2.45, 2.75) is 32.9 Å². The monoisotopic (exact) mass is 359 g/mol. The summed E-state index contributed by atoms with van der Waals surface area (Å²) < 4.78 is 7.04.